The summed E-state index contributed by atoms with van der Waals surface area (Å²) >= 11 is 0. The maximum Gasteiger partial charge on any atom is 0.105 e. The fourth-order valence-electron chi connectivity index (χ4n) is 1.62. The van der Waals surface area contributed by atoms with Crippen molar-refractivity contribution in [3.05, 3.63) is 11.9 Å². The molecule has 2 heterocycles. The van der Waals surface area contributed by atoms with Gasteiger partial charge in [-0.2, -0.15) is 0 Å². The number of nitrogens with two attached hydrogens (primary N) is 1. The Morgan fingerprint density at radius 1 is 1.62 bits per heavy atom. The van der Waals surface area contributed by atoms with Crippen LogP contribution in [0.2, 0.25) is 0 Å². The molecule has 0 aromatic rings. The third-order valence-electron chi connectivity index (χ3n) is 2.67. The fourth-order valence-corrected chi connectivity index (χ4v) is 1.62. The first-order chi connectivity index (χ1) is 7.79. The van der Waals surface area contributed by atoms with Crippen LogP contribution in [0.25, 0.3) is 0 Å². The van der Waals surface area contributed by atoms with Crippen molar-refractivity contribution in [2.45, 2.75) is 12.5 Å². The van der Waals surface area contributed by atoms with Gasteiger partial charge in [0.2, 0.25) is 0 Å². The van der Waals surface area contributed by atoms with Crippen LogP contribution in [0, 0.1) is 0 Å². The molecular weight excluding hydrogens is 208 g/mol. The monoisotopic (exact) mass is 228 g/mol. The van der Waals surface area contributed by atoms with Gasteiger partial charge in [-0.1, -0.05) is 0 Å². The second kappa shape index (κ2) is 5.49. The lowest BCUT2D eigenvalue weighted by Crippen LogP contribution is -2.41. The lowest BCUT2D eigenvalue weighted by atomic mass is 10.3. The predicted octanol–water partition coefficient (Wildman–Crippen LogP) is -0.741. The van der Waals surface area contributed by atoms with E-state index in [-0.39, 0.29) is 6.10 Å². The van der Waals surface area contributed by atoms with Gasteiger partial charge < -0.3 is 20.6 Å². The van der Waals surface area contributed by atoms with Crippen LogP contribution in [0.5, 0.6) is 0 Å². The Labute approximate surface area is 95.9 Å². The van der Waals surface area contributed by atoms with Gasteiger partial charge in [0, 0.05) is 19.8 Å². The molecule has 0 saturated carbocycles. The third kappa shape index (κ3) is 2.85. The normalized spacial score (nSPS) is 21.9. The van der Waals surface area contributed by atoms with E-state index in [1.807, 2.05) is 12.2 Å². The van der Waals surface area contributed by atoms with E-state index in [1.165, 1.54) is 0 Å². The summed E-state index contributed by atoms with van der Waals surface area (Å²) in [5, 5.41) is 4.05. The highest BCUT2D eigenvalue weighted by Crippen LogP contribution is 2.11. The molecule has 2 aliphatic heterocycles. The van der Waals surface area contributed by atoms with Crippen LogP contribution < -0.4 is 11.2 Å². The smallest absolute Gasteiger partial charge is 0.105 e. The number of nitrogens with zero attached hydrogens (tertiary/aromatic N) is 2. The Balaban J connectivity index is 1.72. The molecule has 0 amide bonds. The minimum atomic E-state index is 0.270. The molecule has 2 aliphatic rings. The molecule has 0 spiro atoms. The zero-order valence-corrected chi connectivity index (χ0v) is 9.69. The summed E-state index contributed by atoms with van der Waals surface area (Å²) in [7, 11) is 1.98. The van der Waals surface area contributed by atoms with Gasteiger partial charge in [0.15, 0.2) is 0 Å². The van der Waals surface area contributed by atoms with Crippen molar-refractivity contribution < 1.29 is 9.47 Å². The van der Waals surface area contributed by atoms with Gasteiger partial charge in [-0.25, -0.2) is 0 Å². The average Bonchev–Trinajstić information content (AvgIpc) is 2.54. The molecule has 0 aromatic heterocycles. The zero-order valence-electron chi connectivity index (χ0n) is 9.69. The molecule has 0 radical (unpaired) electrons. The van der Waals surface area contributed by atoms with Crippen LogP contribution in [-0.2, 0) is 9.47 Å². The van der Waals surface area contributed by atoms with E-state index in [9.17, 15) is 0 Å². The second-order valence-corrected chi connectivity index (χ2v) is 4.07. The molecule has 0 aromatic carbocycles. The summed E-state index contributed by atoms with van der Waals surface area (Å²) in [4.78, 5) is 0. The van der Waals surface area contributed by atoms with E-state index in [4.69, 9.17) is 15.2 Å². The minimum absolute atomic E-state index is 0.270. The van der Waals surface area contributed by atoms with E-state index < -0.39 is 0 Å². The van der Waals surface area contributed by atoms with Crippen molar-refractivity contribution in [2.75, 3.05) is 40.0 Å². The Bertz CT molecular complexity index is 255. The van der Waals surface area contributed by atoms with E-state index in [0.29, 0.717) is 13.2 Å². The predicted molar refractivity (Wildman–Crippen MR) is 59.9 cm³/mol. The molecule has 16 heavy (non-hydrogen) atoms. The minimum Gasteiger partial charge on any atom is -0.376 e. The molecule has 6 nitrogen and oxygen atoms in total. The van der Waals surface area contributed by atoms with Gasteiger partial charge in [0.1, 0.15) is 6.10 Å². The van der Waals surface area contributed by atoms with Gasteiger partial charge in [0.25, 0.3) is 0 Å². The van der Waals surface area contributed by atoms with Crippen molar-refractivity contribution in [1.29, 1.82) is 0 Å². The first-order valence-corrected chi connectivity index (χ1v) is 5.66. The summed E-state index contributed by atoms with van der Waals surface area (Å²) in [6, 6.07) is 0. The molecular formula is C10H20N4O2. The molecule has 0 bridgehead atoms. The number of nitrogens with one attached hydrogen (secondary N) is 1. The molecule has 0 unspecified atom stereocenters. The summed E-state index contributed by atoms with van der Waals surface area (Å²) in [5.41, 5.74) is 9.79. The fraction of sp³-hybridized carbons (Fsp3) is 0.800. The van der Waals surface area contributed by atoms with Gasteiger partial charge >= 0.3 is 0 Å². The largest absolute Gasteiger partial charge is 0.376 e. The molecule has 6 heteroatoms. The number of ether oxygens (including phenoxy) is 2. The van der Waals surface area contributed by atoms with Crippen molar-refractivity contribution in [3.63, 3.8) is 0 Å². The summed E-state index contributed by atoms with van der Waals surface area (Å²) < 4.78 is 10.7. The molecule has 1 fully saturated rings. The molecule has 0 atom stereocenters. The number of rotatable bonds is 6. The van der Waals surface area contributed by atoms with Crippen LogP contribution in [0.3, 0.4) is 0 Å². The van der Waals surface area contributed by atoms with Crippen LogP contribution in [0.1, 0.15) is 6.42 Å². The summed E-state index contributed by atoms with van der Waals surface area (Å²) in [6.07, 6.45) is 3.31. The number of hydrogen-bond acceptors (Lipinski definition) is 6. The van der Waals surface area contributed by atoms with E-state index in [2.05, 4.69) is 16.6 Å². The number of hydrazine groups is 2. The highest BCUT2D eigenvalue weighted by Gasteiger charge is 2.22. The lowest BCUT2D eigenvalue weighted by Gasteiger charge is -2.26. The Morgan fingerprint density at radius 2 is 2.44 bits per heavy atom. The zero-order chi connectivity index (χ0) is 11.4. The van der Waals surface area contributed by atoms with Gasteiger partial charge in [-0.05, 0) is 13.0 Å². The van der Waals surface area contributed by atoms with Crippen molar-refractivity contribution in [3.8, 4) is 0 Å². The Morgan fingerprint density at radius 3 is 3.06 bits per heavy atom. The summed E-state index contributed by atoms with van der Waals surface area (Å²) in [5.74, 6) is 0. The van der Waals surface area contributed by atoms with Crippen molar-refractivity contribution >= 4 is 0 Å². The van der Waals surface area contributed by atoms with Crippen molar-refractivity contribution in [2.24, 2.45) is 5.73 Å². The van der Waals surface area contributed by atoms with Gasteiger partial charge in [-0.3, -0.25) is 5.01 Å². The average molecular weight is 228 g/mol. The Hall–Kier alpha value is -0.820. The molecule has 1 saturated heterocycles. The van der Waals surface area contributed by atoms with E-state index in [1.54, 1.807) is 0 Å². The highest BCUT2D eigenvalue weighted by molar-refractivity contribution is 5.02. The SMILES string of the molecule is CN1NC(COC2COC2)=CN1CCCN. The molecule has 92 valence electrons. The standard InChI is InChI=1S/C10H20N4O2/c1-13-12-9(5-14(13)4-2-3-11)6-16-10-7-15-8-10/h5,10,12H,2-4,6-8,11H2,1H3. The lowest BCUT2D eigenvalue weighted by molar-refractivity contribution is -0.125. The van der Waals surface area contributed by atoms with Crippen LogP contribution in [0.4, 0.5) is 0 Å². The quantitative estimate of drug-likeness (QED) is 0.624. The van der Waals surface area contributed by atoms with E-state index in [0.717, 1.165) is 31.9 Å². The first-order valence-electron chi connectivity index (χ1n) is 5.66. The maximum atomic E-state index is 5.63. The third-order valence-corrected chi connectivity index (χ3v) is 2.67. The van der Waals surface area contributed by atoms with E-state index >= 15 is 0 Å². The van der Waals surface area contributed by atoms with Gasteiger partial charge in [0.05, 0.1) is 25.5 Å². The molecule has 2 rings (SSSR count). The summed E-state index contributed by atoms with van der Waals surface area (Å²) in [6.45, 7) is 3.69. The first kappa shape index (κ1) is 11.7. The number of hydrogen-bond donors (Lipinski definition) is 2. The highest BCUT2D eigenvalue weighted by atomic mass is 16.6. The van der Waals surface area contributed by atoms with Gasteiger partial charge in [-0.15, -0.1) is 5.12 Å². The molecule has 3 N–H and O–H groups in total. The van der Waals surface area contributed by atoms with Crippen LogP contribution >= 0.6 is 0 Å². The second-order valence-electron chi connectivity index (χ2n) is 4.07. The Kier molecular flexibility index (Phi) is 4.00. The van der Waals surface area contributed by atoms with Crippen LogP contribution in [-0.4, -0.2) is 56.2 Å². The van der Waals surface area contributed by atoms with Crippen LogP contribution in [0.15, 0.2) is 11.9 Å². The topological polar surface area (TPSA) is 63.0 Å². The maximum absolute atomic E-state index is 5.63. The molecule has 0 aliphatic carbocycles. The van der Waals surface area contributed by atoms with Crippen molar-refractivity contribution in [1.82, 2.24) is 15.6 Å².